The van der Waals surface area contributed by atoms with Gasteiger partial charge in [-0.05, 0) is 77.0 Å². The minimum Gasteiger partial charge on any atom is -0.457 e. The summed E-state index contributed by atoms with van der Waals surface area (Å²) >= 11 is 0. The molecule has 0 aliphatic carbocycles. The van der Waals surface area contributed by atoms with Crippen LogP contribution in [0.2, 0.25) is 0 Å². The number of hydrogen-bond donors (Lipinski definition) is 3. The monoisotopic (exact) mass is 791 g/mol. The van der Waals surface area contributed by atoms with Crippen molar-refractivity contribution in [3.05, 3.63) is 97.2 Å². The summed E-state index contributed by atoms with van der Waals surface area (Å²) in [5, 5.41) is 18.3. The molecule has 55 heavy (non-hydrogen) atoms. The van der Waals surface area contributed by atoms with E-state index in [1.54, 1.807) is 0 Å². The van der Waals surface area contributed by atoms with E-state index in [-0.39, 0.29) is 13.0 Å². The number of phosphoric acid groups is 1. The molecular weight excluding hydrogens is 715 g/mol. The second-order valence-electron chi connectivity index (χ2n) is 13.3. The Kier molecular flexibility index (Phi) is 39.1. The zero-order valence-corrected chi connectivity index (χ0v) is 35.0. The largest absolute Gasteiger partial charge is 0.472 e. The van der Waals surface area contributed by atoms with E-state index in [2.05, 4.69) is 98.9 Å². The van der Waals surface area contributed by atoms with Crippen LogP contribution >= 0.6 is 7.82 Å². The van der Waals surface area contributed by atoms with Crippen LogP contribution in [0.25, 0.3) is 0 Å². The van der Waals surface area contributed by atoms with Gasteiger partial charge in [0, 0.05) is 13.0 Å². The van der Waals surface area contributed by atoms with Gasteiger partial charge in [0.1, 0.15) is 12.2 Å². The van der Waals surface area contributed by atoms with Crippen LogP contribution in [0.15, 0.2) is 97.2 Å². The number of phosphoric ester groups is 1. The minimum atomic E-state index is -4.55. The highest BCUT2D eigenvalue weighted by molar-refractivity contribution is 7.47. The number of allylic oxidation sites excluding steroid dienone is 16. The number of aliphatic hydroxyl groups excluding tert-OH is 2. The van der Waals surface area contributed by atoms with Gasteiger partial charge in [-0.2, -0.15) is 0 Å². The fraction of sp³-hybridized carbons (Fsp3) is 0.622. The van der Waals surface area contributed by atoms with E-state index < -0.39 is 45.8 Å². The summed E-state index contributed by atoms with van der Waals surface area (Å²) in [6.45, 7) is 3.20. The van der Waals surface area contributed by atoms with Crippen LogP contribution in [0.1, 0.15) is 136 Å². The number of carbonyl (C=O) groups excluding carboxylic acids is 1. The summed E-state index contributed by atoms with van der Waals surface area (Å²) in [5.74, 6) is -0.473. The van der Waals surface area contributed by atoms with Crippen LogP contribution < -0.4 is 0 Å². The van der Waals surface area contributed by atoms with Crippen LogP contribution in [0, 0.1) is 0 Å². The number of ether oxygens (including phenoxy) is 2. The third kappa shape index (κ3) is 40.8. The highest BCUT2D eigenvalue weighted by Gasteiger charge is 2.26. The fourth-order valence-corrected chi connectivity index (χ4v) is 5.66. The van der Waals surface area contributed by atoms with Crippen molar-refractivity contribution in [1.29, 1.82) is 0 Å². The zero-order valence-electron chi connectivity index (χ0n) is 34.1. The Balaban J connectivity index is 4.38. The van der Waals surface area contributed by atoms with Gasteiger partial charge in [0.05, 0.1) is 26.4 Å². The first-order chi connectivity index (χ1) is 26.8. The molecule has 0 aromatic heterocycles. The topological polar surface area (TPSA) is 132 Å². The maximum Gasteiger partial charge on any atom is 0.472 e. The lowest BCUT2D eigenvalue weighted by atomic mass is 10.1. The molecule has 0 aliphatic heterocycles. The van der Waals surface area contributed by atoms with Gasteiger partial charge in [-0.15, -0.1) is 0 Å². The Hall–Kier alpha value is -2.62. The summed E-state index contributed by atoms with van der Waals surface area (Å²) in [7, 11) is -4.55. The molecule has 0 fully saturated rings. The normalized spacial score (nSPS) is 15.1. The lowest BCUT2D eigenvalue weighted by Gasteiger charge is -2.20. The van der Waals surface area contributed by atoms with Crippen LogP contribution in [0.3, 0.4) is 0 Å². The average Bonchev–Trinajstić information content (AvgIpc) is 3.18. The van der Waals surface area contributed by atoms with Crippen molar-refractivity contribution in [3.8, 4) is 0 Å². The Bertz CT molecular complexity index is 1170. The molecule has 0 rings (SSSR count). The predicted molar refractivity (Wildman–Crippen MR) is 228 cm³/mol. The molecule has 3 atom stereocenters. The summed E-state index contributed by atoms with van der Waals surface area (Å²) in [6, 6.07) is 0. The summed E-state index contributed by atoms with van der Waals surface area (Å²) in [5.41, 5.74) is 0. The van der Waals surface area contributed by atoms with Gasteiger partial charge in [0.25, 0.3) is 0 Å². The Labute approximate surface area is 334 Å². The molecule has 0 spiro atoms. The summed E-state index contributed by atoms with van der Waals surface area (Å²) in [4.78, 5) is 22.5. The highest BCUT2D eigenvalue weighted by atomic mass is 31.2. The van der Waals surface area contributed by atoms with E-state index in [9.17, 15) is 19.4 Å². The van der Waals surface area contributed by atoms with E-state index in [4.69, 9.17) is 23.6 Å². The molecule has 314 valence electrons. The second kappa shape index (κ2) is 41.0. The lowest BCUT2D eigenvalue weighted by Crippen LogP contribution is -2.29. The standard InChI is InChI=1S/C45H75O9P/c1-3-5-7-9-11-13-15-17-19-20-21-22-23-25-27-29-31-33-35-37-45(48)54-44(42-53-55(49,50)52-40-43(47)39-46)41-51-38-36-34-32-30-28-26-24-18-16-14-12-10-8-6-4-2/h5,7,10-13,16-19,21-22,25,27,31,33,43-44,46-47H,3-4,6,8-9,14-15,20,23-24,26,28-30,32,34-42H2,1-2H3,(H,49,50)/b7-5-,12-10-,13-11-,18-16-,19-17-,22-21-,27-25-,33-31-. The van der Waals surface area contributed by atoms with Crippen molar-refractivity contribution in [1.82, 2.24) is 0 Å². The van der Waals surface area contributed by atoms with Gasteiger partial charge in [0.2, 0.25) is 0 Å². The summed E-state index contributed by atoms with van der Waals surface area (Å²) < 4.78 is 33.2. The third-order valence-corrected chi connectivity index (χ3v) is 8.97. The average molecular weight is 791 g/mol. The molecule has 0 amide bonds. The molecule has 0 aromatic carbocycles. The highest BCUT2D eigenvalue weighted by Crippen LogP contribution is 2.43. The van der Waals surface area contributed by atoms with Crippen molar-refractivity contribution in [2.45, 2.75) is 148 Å². The van der Waals surface area contributed by atoms with Crippen molar-refractivity contribution in [2.75, 3.05) is 33.0 Å². The van der Waals surface area contributed by atoms with Crippen molar-refractivity contribution in [2.24, 2.45) is 0 Å². The fourth-order valence-electron chi connectivity index (χ4n) is 4.87. The first kappa shape index (κ1) is 52.4. The van der Waals surface area contributed by atoms with Gasteiger partial charge in [-0.3, -0.25) is 13.8 Å². The van der Waals surface area contributed by atoms with Crippen LogP contribution in [-0.2, 0) is 27.9 Å². The zero-order chi connectivity index (χ0) is 40.3. The maximum atomic E-state index is 12.6. The van der Waals surface area contributed by atoms with Gasteiger partial charge in [0.15, 0.2) is 0 Å². The SMILES string of the molecule is CC/C=C\C/C=C\C/C=C\C/C=C\C/C=C\C/C=C\CCC(=O)OC(COCCCCCCCC/C=C\C/C=C\CCCC)COP(=O)(O)OCC(O)CO. The minimum absolute atomic E-state index is 0.00500. The van der Waals surface area contributed by atoms with Crippen LogP contribution in [-0.4, -0.2) is 66.3 Å². The lowest BCUT2D eigenvalue weighted by molar-refractivity contribution is -0.154. The van der Waals surface area contributed by atoms with Crippen LogP contribution in [0.5, 0.6) is 0 Å². The maximum absolute atomic E-state index is 12.6. The van der Waals surface area contributed by atoms with Crippen molar-refractivity contribution >= 4 is 13.8 Å². The molecule has 0 radical (unpaired) electrons. The Morgan fingerprint density at radius 2 is 1.04 bits per heavy atom. The second-order valence-corrected chi connectivity index (χ2v) is 14.7. The molecule has 0 saturated carbocycles. The third-order valence-electron chi connectivity index (χ3n) is 8.02. The number of esters is 1. The molecule has 0 aliphatic rings. The van der Waals surface area contributed by atoms with Crippen molar-refractivity contribution in [3.63, 3.8) is 0 Å². The van der Waals surface area contributed by atoms with E-state index in [0.29, 0.717) is 13.0 Å². The van der Waals surface area contributed by atoms with E-state index in [0.717, 1.165) is 70.6 Å². The van der Waals surface area contributed by atoms with Gasteiger partial charge in [-0.25, -0.2) is 4.57 Å². The molecule has 0 aromatic rings. The Morgan fingerprint density at radius 3 is 1.56 bits per heavy atom. The molecule has 3 unspecified atom stereocenters. The molecule has 10 heteroatoms. The van der Waals surface area contributed by atoms with Gasteiger partial charge < -0.3 is 24.6 Å². The molecule has 3 N–H and O–H groups in total. The first-order valence-electron chi connectivity index (χ1n) is 20.7. The van der Waals surface area contributed by atoms with Gasteiger partial charge >= 0.3 is 13.8 Å². The molecular formula is C45H75O9P. The van der Waals surface area contributed by atoms with Crippen LogP contribution in [0.4, 0.5) is 0 Å². The number of aliphatic hydroxyl groups is 2. The van der Waals surface area contributed by atoms with E-state index in [1.165, 1.54) is 38.5 Å². The molecule has 9 nitrogen and oxygen atoms in total. The van der Waals surface area contributed by atoms with E-state index in [1.807, 2.05) is 12.2 Å². The number of unbranched alkanes of at least 4 members (excludes halogenated alkanes) is 8. The predicted octanol–water partition coefficient (Wildman–Crippen LogP) is 11.3. The van der Waals surface area contributed by atoms with Crippen molar-refractivity contribution < 1.29 is 43.0 Å². The Morgan fingerprint density at radius 1 is 0.582 bits per heavy atom. The number of rotatable bonds is 38. The number of hydrogen-bond acceptors (Lipinski definition) is 8. The molecule has 0 saturated heterocycles. The first-order valence-corrected chi connectivity index (χ1v) is 22.2. The smallest absolute Gasteiger partial charge is 0.457 e. The van der Waals surface area contributed by atoms with Gasteiger partial charge in [-0.1, -0.05) is 150 Å². The quantitative estimate of drug-likeness (QED) is 0.0242. The van der Waals surface area contributed by atoms with E-state index >= 15 is 0 Å². The molecule has 0 heterocycles. The molecule has 0 bridgehead atoms. The number of carbonyl (C=O) groups is 1. The summed E-state index contributed by atoms with van der Waals surface area (Å²) in [6.07, 6.45) is 50.9.